The van der Waals surface area contributed by atoms with E-state index < -0.39 is 10.3 Å². The van der Waals surface area contributed by atoms with Crippen molar-refractivity contribution in [3.05, 3.63) is 165 Å². The zero-order chi connectivity index (χ0) is 45.6. The van der Waals surface area contributed by atoms with Gasteiger partial charge in [0.1, 0.15) is 0 Å². The number of aromatic hydroxyl groups is 2. The standard InChI is InChI=1S/C50H59N2O3.C5H10O.Mn/c1-46(2,3)39-28-34(43(53)41(30-39)48(7,8)9)32-51-45(52-33-35-29-40(47(4,5)6)31-42(44(35)54)49(10,11)12)55-50(36-22-16-13-17-23-36,37-24-18-14-19-25-37)38-26-20-15-21-27-38;1-2-4-6-5-3-1;/h13-33,53-54H,1-12H3;1-5H2;. The molecular weight excluding hydrogens is 808 g/mol. The number of phenolic OH excluding ortho intramolecular Hbond substituents is 2. The minimum atomic E-state index is -1.79. The fourth-order valence-electron chi connectivity index (χ4n) is 7.48. The molecule has 0 atom stereocenters. The molecule has 2 N–H and O–H groups in total. The molecule has 1 aliphatic heterocycles. The van der Waals surface area contributed by atoms with Gasteiger partial charge >= 0.3 is 345 Å². The van der Waals surface area contributed by atoms with E-state index in [1.54, 1.807) is 12.4 Å². The summed E-state index contributed by atoms with van der Waals surface area (Å²) in [6.07, 6.45) is 7.22. The first-order valence-corrected chi connectivity index (χ1v) is 22.5. The Labute approximate surface area is 380 Å². The fraction of sp³-hybridized carbons (Fsp3) is 0.418. The maximum atomic E-state index is 11.8. The molecule has 1 heterocycles. The second-order valence-electron chi connectivity index (χ2n) is 20.5. The first kappa shape index (κ1) is 48.5. The van der Waals surface area contributed by atoms with Gasteiger partial charge in [-0.1, -0.05) is 0 Å². The molecule has 0 bridgehead atoms. The van der Waals surface area contributed by atoms with Gasteiger partial charge in [0, 0.05) is 13.2 Å². The second-order valence-corrected chi connectivity index (χ2v) is 21.3. The average molecular weight is 877 g/mol. The van der Waals surface area contributed by atoms with Crippen LogP contribution in [0.15, 0.2) is 125 Å². The molecule has 0 saturated carbocycles. The molecule has 6 rings (SSSR count). The third-order valence-electron chi connectivity index (χ3n) is 11.3. The number of rotatable bonds is 9. The summed E-state index contributed by atoms with van der Waals surface area (Å²) in [5.41, 5.74) is 5.18. The van der Waals surface area contributed by atoms with E-state index in [2.05, 4.69) is 111 Å². The summed E-state index contributed by atoms with van der Waals surface area (Å²) in [7, 11) is 0. The van der Waals surface area contributed by atoms with Gasteiger partial charge in [0.2, 0.25) is 0 Å². The molecule has 0 aliphatic carbocycles. The number of hydrogen-bond acceptors (Lipinski definition) is 6. The van der Waals surface area contributed by atoms with Gasteiger partial charge in [0.05, 0.1) is 0 Å². The Balaban J connectivity index is 0.00000111. The van der Waals surface area contributed by atoms with Gasteiger partial charge in [0.15, 0.2) is 0 Å². The molecule has 5 aromatic carbocycles. The van der Waals surface area contributed by atoms with Crippen molar-refractivity contribution in [2.24, 2.45) is 9.98 Å². The molecule has 1 aliphatic rings. The van der Waals surface area contributed by atoms with Crippen LogP contribution in [0.3, 0.4) is 0 Å². The molecular formula is C55H69MnN2O4. The molecule has 0 radical (unpaired) electrons. The molecule has 0 spiro atoms. The Morgan fingerprint density at radius 1 is 0.484 bits per heavy atom. The van der Waals surface area contributed by atoms with Crippen LogP contribution in [0.25, 0.3) is 0 Å². The van der Waals surface area contributed by atoms with E-state index in [4.69, 9.17) is 19.5 Å². The summed E-state index contributed by atoms with van der Waals surface area (Å²) in [5.74, 6) is 0.303. The molecule has 0 amide bonds. The number of aliphatic imine (C=N–C) groups is 2. The molecule has 6 nitrogen and oxygen atoms in total. The third kappa shape index (κ3) is 11.9. The van der Waals surface area contributed by atoms with Crippen molar-refractivity contribution < 1.29 is 35.7 Å². The van der Waals surface area contributed by atoms with Crippen molar-refractivity contribution >= 4 is 12.4 Å². The van der Waals surface area contributed by atoms with E-state index in [1.807, 2.05) is 103 Å². The average Bonchev–Trinajstić information content (AvgIpc) is 3.22. The van der Waals surface area contributed by atoms with Crippen molar-refractivity contribution in [3.63, 3.8) is 0 Å². The van der Waals surface area contributed by atoms with Crippen molar-refractivity contribution in [2.75, 3.05) is 13.2 Å². The van der Waals surface area contributed by atoms with Crippen LogP contribution in [0, 0.1) is 0 Å². The second kappa shape index (κ2) is 19.5. The number of hydrogen-bond donors (Lipinski definition) is 2. The molecule has 5 aromatic rings. The van der Waals surface area contributed by atoms with E-state index >= 15 is 0 Å². The Kier molecular flexibility index (Phi) is 15.2. The topological polar surface area (TPSA) is 83.6 Å². The van der Waals surface area contributed by atoms with Crippen molar-refractivity contribution in [2.45, 2.75) is 134 Å². The van der Waals surface area contributed by atoms with Gasteiger partial charge in [0.25, 0.3) is 0 Å². The van der Waals surface area contributed by atoms with Gasteiger partial charge in [-0.05, 0) is 19.3 Å². The van der Waals surface area contributed by atoms with Crippen LogP contribution in [0.4, 0.5) is 0 Å². The fourth-order valence-corrected chi connectivity index (χ4v) is 7.81. The molecule has 330 valence electrons. The molecule has 62 heavy (non-hydrogen) atoms. The van der Waals surface area contributed by atoms with Gasteiger partial charge in [-0.2, -0.15) is 0 Å². The number of nitrogens with zero attached hydrogens (tertiary/aromatic N) is 2. The molecule has 0 aromatic heterocycles. The van der Waals surface area contributed by atoms with Crippen LogP contribution < -0.4 is 0 Å². The van der Waals surface area contributed by atoms with Crippen LogP contribution in [-0.2, 0) is 52.7 Å². The summed E-state index contributed by atoms with van der Waals surface area (Å²) in [6.45, 7) is 27.5. The Hall–Kier alpha value is -4.52. The van der Waals surface area contributed by atoms with Crippen LogP contribution in [0.2, 0.25) is 0 Å². The molecule has 1 fully saturated rings. The van der Waals surface area contributed by atoms with Gasteiger partial charge in [-0.15, -0.1) is 0 Å². The molecule has 0 unspecified atom stereocenters. The summed E-state index contributed by atoms with van der Waals surface area (Å²) < 4.78 is 10.7. The van der Waals surface area contributed by atoms with Gasteiger partial charge in [-0.25, -0.2) is 0 Å². The molecule has 1 saturated heterocycles. The number of ether oxygens (including phenoxy) is 2. The van der Waals surface area contributed by atoms with Crippen LogP contribution in [-0.4, -0.2) is 40.6 Å². The molecule has 7 heteroatoms. The number of benzene rings is 5. The first-order chi connectivity index (χ1) is 29.0. The normalized spacial score (nSPS) is 15.3. The predicted octanol–water partition coefficient (Wildman–Crippen LogP) is 13.2. The van der Waals surface area contributed by atoms with Crippen LogP contribution in [0.5, 0.6) is 11.5 Å². The zero-order valence-electron chi connectivity index (χ0n) is 39.1. The minimum absolute atomic E-state index is 0.152. The van der Waals surface area contributed by atoms with Crippen molar-refractivity contribution in [1.82, 2.24) is 0 Å². The van der Waals surface area contributed by atoms with E-state index in [1.165, 1.54) is 19.3 Å². The third-order valence-corrected chi connectivity index (χ3v) is 11.7. The number of phenols is 2. The van der Waals surface area contributed by atoms with Gasteiger partial charge in [-0.3, -0.25) is 0 Å². The zero-order valence-corrected chi connectivity index (χ0v) is 40.3. The monoisotopic (exact) mass is 876 g/mol. The Bertz CT molecular complexity index is 2090. The van der Waals surface area contributed by atoms with Gasteiger partial charge < -0.3 is 4.74 Å². The van der Waals surface area contributed by atoms with E-state index in [9.17, 15) is 10.2 Å². The summed E-state index contributed by atoms with van der Waals surface area (Å²) >= 11 is 3.93. The van der Waals surface area contributed by atoms with E-state index in [-0.39, 0.29) is 33.2 Å². The Morgan fingerprint density at radius 2 is 0.823 bits per heavy atom. The van der Waals surface area contributed by atoms with E-state index in [0.717, 1.165) is 52.2 Å². The van der Waals surface area contributed by atoms with Crippen molar-refractivity contribution in [3.8, 4) is 11.5 Å². The maximum absolute atomic E-state index is 11.8. The van der Waals surface area contributed by atoms with E-state index in [0.29, 0.717) is 11.1 Å². The summed E-state index contributed by atoms with van der Waals surface area (Å²) in [4.78, 5) is 10.2. The summed E-state index contributed by atoms with van der Waals surface area (Å²) in [6, 6.07) is 38.3. The SMILES string of the molecule is C1CCOCC1.CC(C)(C)c1cc(C=N[C]([Mn])(N=Cc2cc(C(C)(C)C)cc(C(C)(C)C)c2O)OC(c2ccccc2)(c2ccccc2)c2ccccc2)c(O)c(C(C)(C)C)c1. The quantitative estimate of drug-likeness (QED) is 0.0878. The predicted molar refractivity (Wildman–Crippen MR) is 254 cm³/mol. The van der Waals surface area contributed by atoms with Crippen LogP contribution in [0.1, 0.15) is 152 Å². The summed E-state index contributed by atoms with van der Waals surface area (Å²) in [5, 5.41) is 23.6. The first-order valence-electron chi connectivity index (χ1n) is 22.0. The van der Waals surface area contributed by atoms with Crippen molar-refractivity contribution in [1.29, 1.82) is 0 Å². The Morgan fingerprint density at radius 3 is 1.08 bits per heavy atom. The van der Waals surface area contributed by atoms with Crippen LogP contribution >= 0.6 is 0 Å².